The monoisotopic (exact) mass is 400 g/mol. The molecule has 0 aliphatic rings. The predicted molar refractivity (Wildman–Crippen MR) is 110 cm³/mol. The van der Waals surface area contributed by atoms with E-state index >= 15 is 0 Å². The minimum absolute atomic E-state index is 0.0179. The van der Waals surface area contributed by atoms with Crippen molar-refractivity contribution in [2.24, 2.45) is 0 Å². The lowest BCUT2D eigenvalue weighted by molar-refractivity contribution is 0.0600. The Labute approximate surface area is 160 Å². The lowest BCUT2D eigenvalue weighted by Gasteiger charge is -2.36. The number of aromatic nitrogens is 2. The third kappa shape index (κ3) is 6.33. The van der Waals surface area contributed by atoms with Crippen molar-refractivity contribution in [3.8, 4) is 0 Å². The molecule has 1 aromatic heterocycles. The van der Waals surface area contributed by atoms with Crippen molar-refractivity contribution in [2.45, 2.75) is 84.9 Å². The van der Waals surface area contributed by atoms with Gasteiger partial charge >= 0.3 is 5.97 Å². The Morgan fingerprint density at radius 2 is 1.77 bits per heavy atom. The topological polar surface area (TPSA) is 73.6 Å². The van der Waals surface area contributed by atoms with Gasteiger partial charge in [-0.3, -0.25) is 4.57 Å². The zero-order chi connectivity index (χ0) is 20.3. The molecule has 0 amide bonds. The van der Waals surface area contributed by atoms with E-state index in [1.54, 1.807) is 4.57 Å². The van der Waals surface area contributed by atoms with E-state index < -0.39 is 22.4 Å². The number of nitrogens with zero attached hydrogens (tertiary/aromatic N) is 2. The maximum Gasteiger partial charge on any atom is 0.372 e. The molecule has 0 bridgehead atoms. The van der Waals surface area contributed by atoms with E-state index in [9.17, 15) is 9.90 Å². The highest BCUT2D eigenvalue weighted by Gasteiger charge is 2.37. The van der Waals surface area contributed by atoms with E-state index in [0.29, 0.717) is 18.9 Å². The van der Waals surface area contributed by atoms with Gasteiger partial charge in [0.15, 0.2) is 8.32 Å². The van der Waals surface area contributed by atoms with Crippen molar-refractivity contribution >= 4 is 22.4 Å². The standard InChI is InChI=1S/C18H36N2O4Si2/c1-14-15(12-24-26(8,9)18(2,3)4)20(16(19-14)17(21)22)13-23-10-11-25(5,6)7/h10-13H2,1-9H3,(H,21,22). The van der Waals surface area contributed by atoms with Crippen LogP contribution in [-0.2, 0) is 22.5 Å². The van der Waals surface area contributed by atoms with Crippen molar-refractivity contribution in [2.75, 3.05) is 6.61 Å². The molecule has 1 aromatic rings. The molecule has 0 radical (unpaired) electrons. The fourth-order valence-electron chi connectivity index (χ4n) is 2.09. The first-order chi connectivity index (χ1) is 11.7. The van der Waals surface area contributed by atoms with E-state index in [1.807, 2.05) is 6.92 Å². The molecule has 0 unspecified atom stereocenters. The Morgan fingerprint density at radius 3 is 2.23 bits per heavy atom. The molecule has 1 N–H and O–H groups in total. The summed E-state index contributed by atoms with van der Waals surface area (Å²) in [5.74, 6) is -1.02. The van der Waals surface area contributed by atoms with Crippen molar-refractivity contribution in [1.29, 1.82) is 0 Å². The van der Waals surface area contributed by atoms with Gasteiger partial charge in [-0.05, 0) is 31.1 Å². The fourth-order valence-corrected chi connectivity index (χ4v) is 3.78. The lowest BCUT2D eigenvalue weighted by Crippen LogP contribution is -2.40. The zero-order valence-corrected chi connectivity index (χ0v) is 19.9. The molecule has 1 rings (SSSR count). The van der Waals surface area contributed by atoms with E-state index in [-0.39, 0.29) is 17.6 Å². The van der Waals surface area contributed by atoms with Crippen molar-refractivity contribution < 1.29 is 19.1 Å². The number of aromatic carboxylic acids is 1. The maximum absolute atomic E-state index is 11.6. The number of hydrogen-bond acceptors (Lipinski definition) is 4. The summed E-state index contributed by atoms with van der Waals surface area (Å²) in [6.07, 6.45) is 0. The molecule has 0 aromatic carbocycles. The normalized spacial score (nSPS) is 13.3. The van der Waals surface area contributed by atoms with Gasteiger partial charge in [0.25, 0.3) is 0 Å². The molecule has 0 atom stereocenters. The third-order valence-electron chi connectivity index (χ3n) is 5.06. The number of carboxylic acid groups (broad SMARTS) is 1. The number of aryl methyl sites for hydroxylation is 1. The largest absolute Gasteiger partial charge is 0.475 e. The molecular weight excluding hydrogens is 364 g/mol. The van der Waals surface area contributed by atoms with Gasteiger partial charge in [0.2, 0.25) is 5.82 Å². The molecule has 0 saturated heterocycles. The number of hydrogen-bond donors (Lipinski definition) is 1. The van der Waals surface area contributed by atoms with Crippen LogP contribution in [0.1, 0.15) is 42.8 Å². The zero-order valence-electron chi connectivity index (χ0n) is 17.9. The Balaban J connectivity index is 2.95. The highest BCUT2D eigenvalue weighted by atomic mass is 28.4. The smallest absolute Gasteiger partial charge is 0.372 e. The number of carbonyl (C=O) groups is 1. The Morgan fingerprint density at radius 1 is 1.19 bits per heavy atom. The highest BCUT2D eigenvalue weighted by Crippen LogP contribution is 2.37. The van der Waals surface area contributed by atoms with E-state index in [2.05, 4.69) is 58.5 Å². The number of imidazole rings is 1. The second-order valence-electron chi connectivity index (χ2n) is 9.60. The van der Waals surface area contributed by atoms with Gasteiger partial charge in [0.1, 0.15) is 6.73 Å². The first-order valence-electron chi connectivity index (χ1n) is 9.17. The number of rotatable bonds is 9. The van der Waals surface area contributed by atoms with Crippen LogP contribution in [0.15, 0.2) is 0 Å². The predicted octanol–water partition coefficient (Wildman–Crippen LogP) is 4.72. The van der Waals surface area contributed by atoms with Crippen molar-refractivity contribution in [3.63, 3.8) is 0 Å². The molecule has 0 saturated carbocycles. The fraction of sp³-hybridized carbons (Fsp3) is 0.778. The van der Waals surface area contributed by atoms with Gasteiger partial charge in [-0.2, -0.15) is 0 Å². The van der Waals surface area contributed by atoms with Crippen LogP contribution in [-0.4, -0.2) is 43.6 Å². The highest BCUT2D eigenvalue weighted by molar-refractivity contribution is 6.76. The maximum atomic E-state index is 11.6. The molecule has 6 nitrogen and oxygen atoms in total. The van der Waals surface area contributed by atoms with Gasteiger partial charge in [0, 0.05) is 14.7 Å². The van der Waals surface area contributed by atoms with Crippen LogP contribution in [0.3, 0.4) is 0 Å². The van der Waals surface area contributed by atoms with Gasteiger partial charge in [0.05, 0.1) is 18.0 Å². The summed E-state index contributed by atoms with van der Waals surface area (Å²) in [6, 6.07) is 1.04. The minimum Gasteiger partial charge on any atom is -0.475 e. The van der Waals surface area contributed by atoms with Crippen LogP contribution in [0.4, 0.5) is 0 Å². The Kier molecular flexibility index (Phi) is 7.43. The van der Waals surface area contributed by atoms with Crippen molar-refractivity contribution in [1.82, 2.24) is 9.55 Å². The van der Waals surface area contributed by atoms with Gasteiger partial charge in [-0.1, -0.05) is 40.4 Å². The SMILES string of the molecule is Cc1nc(C(=O)O)n(COCC[Si](C)(C)C)c1CO[Si](C)(C)C(C)(C)C. The third-order valence-corrected chi connectivity index (χ3v) is 11.2. The second-order valence-corrected chi connectivity index (χ2v) is 20.0. The quantitative estimate of drug-likeness (QED) is 0.479. The molecule has 0 fully saturated rings. The van der Waals surface area contributed by atoms with Crippen LogP contribution in [0.2, 0.25) is 43.8 Å². The first-order valence-corrected chi connectivity index (χ1v) is 15.8. The molecule has 0 aliphatic carbocycles. The van der Waals surface area contributed by atoms with E-state index in [0.717, 1.165) is 11.7 Å². The molecular formula is C18H36N2O4Si2. The van der Waals surface area contributed by atoms with Crippen LogP contribution >= 0.6 is 0 Å². The summed E-state index contributed by atoms with van der Waals surface area (Å²) < 4.78 is 13.7. The second kappa shape index (κ2) is 8.37. The summed E-state index contributed by atoms with van der Waals surface area (Å²) in [6.45, 7) is 20.8. The summed E-state index contributed by atoms with van der Waals surface area (Å²) >= 11 is 0. The molecule has 26 heavy (non-hydrogen) atoms. The number of ether oxygens (including phenoxy) is 1. The summed E-state index contributed by atoms with van der Waals surface area (Å²) in [5, 5.41) is 9.57. The van der Waals surface area contributed by atoms with Gasteiger partial charge in [-0.15, -0.1) is 0 Å². The molecule has 0 aliphatic heterocycles. The number of carboxylic acids is 1. The van der Waals surface area contributed by atoms with Gasteiger partial charge in [-0.25, -0.2) is 9.78 Å². The van der Waals surface area contributed by atoms with Crippen molar-refractivity contribution in [3.05, 3.63) is 17.2 Å². The van der Waals surface area contributed by atoms with Gasteiger partial charge < -0.3 is 14.3 Å². The Bertz CT molecular complexity index is 628. The summed E-state index contributed by atoms with van der Waals surface area (Å²) in [7, 11) is -3.12. The molecule has 0 spiro atoms. The van der Waals surface area contributed by atoms with Crippen LogP contribution in [0.5, 0.6) is 0 Å². The Hall–Kier alpha value is -0.966. The summed E-state index contributed by atoms with van der Waals surface area (Å²) in [5.41, 5.74) is 1.48. The van der Waals surface area contributed by atoms with Crippen LogP contribution in [0.25, 0.3) is 0 Å². The average molecular weight is 401 g/mol. The first kappa shape index (κ1) is 23.1. The van der Waals surface area contributed by atoms with E-state index in [1.165, 1.54) is 0 Å². The van der Waals surface area contributed by atoms with E-state index in [4.69, 9.17) is 9.16 Å². The molecule has 150 valence electrons. The lowest BCUT2D eigenvalue weighted by atomic mass is 10.2. The minimum atomic E-state index is -1.94. The van der Waals surface area contributed by atoms with Crippen LogP contribution < -0.4 is 0 Å². The molecule has 8 heteroatoms. The summed E-state index contributed by atoms with van der Waals surface area (Å²) in [4.78, 5) is 15.8. The average Bonchev–Trinajstić information content (AvgIpc) is 2.76. The molecule has 1 heterocycles. The van der Waals surface area contributed by atoms with Crippen LogP contribution in [0, 0.1) is 6.92 Å².